The van der Waals surface area contributed by atoms with Gasteiger partial charge in [0, 0.05) is 12.0 Å². The number of carbonyl (C=O) groups is 2. The average molecular weight is 518 g/mol. The van der Waals surface area contributed by atoms with E-state index in [0.29, 0.717) is 41.4 Å². The third kappa shape index (κ3) is 4.74. The molecule has 3 heterocycles. The topological polar surface area (TPSA) is 98.4 Å². The number of amides is 1. The maximum Gasteiger partial charge on any atom is 0.296 e. The Morgan fingerprint density at radius 1 is 1.13 bits per heavy atom. The number of aliphatic hydroxyl groups excluding tert-OH is 1. The van der Waals surface area contributed by atoms with E-state index in [0.717, 1.165) is 24.2 Å². The van der Waals surface area contributed by atoms with E-state index in [2.05, 4.69) is 6.92 Å². The van der Waals surface area contributed by atoms with Crippen LogP contribution in [0.4, 0.5) is 0 Å². The first-order valence-electron chi connectivity index (χ1n) is 12.8. The zero-order valence-electron chi connectivity index (χ0n) is 21.7. The molecule has 3 aromatic rings. The van der Waals surface area contributed by atoms with Crippen molar-refractivity contribution in [1.82, 2.24) is 4.90 Å². The van der Waals surface area contributed by atoms with Crippen LogP contribution in [0.1, 0.15) is 55.2 Å². The van der Waals surface area contributed by atoms with E-state index in [4.69, 9.17) is 18.6 Å². The SMILES string of the molecule is CCCCOc1ccc([C@H]2C(=C(O)c3ccc4c(c3)C[C@H](C)O4)C(=O)C(=O)N2Cc2ccco2)cc1OC. The van der Waals surface area contributed by atoms with E-state index in [-0.39, 0.29) is 24.0 Å². The van der Waals surface area contributed by atoms with Crippen molar-refractivity contribution in [3.63, 3.8) is 0 Å². The first kappa shape index (κ1) is 25.4. The Kier molecular flexibility index (Phi) is 7.13. The van der Waals surface area contributed by atoms with Gasteiger partial charge in [-0.2, -0.15) is 0 Å². The van der Waals surface area contributed by atoms with Crippen LogP contribution >= 0.6 is 0 Å². The zero-order valence-corrected chi connectivity index (χ0v) is 21.7. The lowest BCUT2D eigenvalue weighted by molar-refractivity contribution is -0.140. The van der Waals surface area contributed by atoms with Gasteiger partial charge in [0.1, 0.15) is 23.4 Å². The van der Waals surface area contributed by atoms with Gasteiger partial charge >= 0.3 is 0 Å². The molecular formula is C30H31NO7. The van der Waals surface area contributed by atoms with E-state index in [9.17, 15) is 14.7 Å². The summed E-state index contributed by atoms with van der Waals surface area (Å²) in [5, 5.41) is 11.5. The number of benzene rings is 2. The van der Waals surface area contributed by atoms with E-state index in [1.54, 1.807) is 49.6 Å². The Balaban J connectivity index is 1.60. The van der Waals surface area contributed by atoms with Crippen molar-refractivity contribution < 1.29 is 33.3 Å². The maximum atomic E-state index is 13.4. The molecule has 0 spiro atoms. The molecule has 1 N–H and O–H groups in total. The van der Waals surface area contributed by atoms with E-state index in [1.165, 1.54) is 11.2 Å². The molecule has 0 unspecified atom stereocenters. The van der Waals surface area contributed by atoms with Crippen molar-refractivity contribution in [3.05, 3.63) is 82.8 Å². The molecule has 8 heteroatoms. The number of ether oxygens (including phenoxy) is 3. The van der Waals surface area contributed by atoms with Crippen molar-refractivity contribution in [2.24, 2.45) is 0 Å². The maximum absolute atomic E-state index is 13.4. The first-order valence-corrected chi connectivity index (χ1v) is 12.8. The molecule has 0 aliphatic carbocycles. The number of hydrogen-bond donors (Lipinski definition) is 1. The molecule has 1 fully saturated rings. The van der Waals surface area contributed by atoms with Crippen LogP contribution in [-0.2, 0) is 22.6 Å². The number of furan rings is 1. The summed E-state index contributed by atoms with van der Waals surface area (Å²) < 4.78 is 22.7. The van der Waals surface area contributed by atoms with E-state index >= 15 is 0 Å². The molecule has 0 radical (unpaired) electrons. The highest BCUT2D eigenvalue weighted by molar-refractivity contribution is 6.46. The predicted molar refractivity (Wildman–Crippen MR) is 140 cm³/mol. The van der Waals surface area contributed by atoms with Crippen molar-refractivity contribution in [3.8, 4) is 17.2 Å². The third-order valence-electron chi connectivity index (χ3n) is 6.87. The molecule has 1 saturated heterocycles. The first-order chi connectivity index (χ1) is 18.4. The summed E-state index contributed by atoms with van der Waals surface area (Å²) in [7, 11) is 1.54. The Morgan fingerprint density at radius 2 is 1.97 bits per heavy atom. The molecule has 2 aliphatic heterocycles. The zero-order chi connectivity index (χ0) is 26.8. The highest BCUT2D eigenvalue weighted by Crippen LogP contribution is 2.43. The van der Waals surface area contributed by atoms with Gasteiger partial charge in [-0.15, -0.1) is 0 Å². The number of aliphatic hydroxyl groups is 1. The van der Waals surface area contributed by atoms with Crippen LogP contribution in [0.5, 0.6) is 17.2 Å². The second kappa shape index (κ2) is 10.7. The largest absolute Gasteiger partial charge is 0.507 e. The number of likely N-dealkylation sites (tertiary alicyclic amines) is 1. The number of carbonyl (C=O) groups excluding carboxylic acids is 2. The van der Waals surface area contributed by atoms with Gasteiger partial charge < -0.3 is 28.6 Å². The molecule has 0 bridgehead atoms. The highest BCUT2D eigenvalue weighted by Gasteiger charge is 2.46. The lowest BCUT2D eigenvalue weighted by Crippen LogP contribution is -2.29. The minimum Gasteiger partial charge on any atom is -0.507 e. The lowest BCUT2D eigenvalue weighted by atomic mass is 9.94. The van der Waals surface area contributed by atoms with E-state index < -0.39 is 17.7 Å². The van der Waals surface area contributed by atoms with E-state index in [1.807, 2.05) is 13.0 Å². The third-order valence-corrected chi connectivity index (χ3v) is 6.87. The normalized spacial score (nSPS) is 19.9. The van der Waals surface area contributed by atoms with Crippen molar-refractivity contribution in [1.29, 1.82) is 0 Å². The van der Waals surface area contributed by atoms with Crippen molar-refractivity contribution in [2.75, 3.05) is 13.7 Å². The molecule has 1 amide bonds. The van der Waals surface area contributed by atoms with Gasteiger partial charge in [0.15, 0.2) is 11.5 Å². The summed E-state index contributed by atoms with van der Waals surface area (Å²) >= 11 is 0. The fraction of sp³-hybridized carbons (Fsp3) is 0.333. The minimum atomic E-state index is -0.859. The second-order valence-corrected chi connectivity index (χ2v) is 9.57. The van der Waals surface area contributed by atoms with Gasteiger partial charge in [0.25, 0.3) is 11.7 Å². The van der Waals surface area contributed by atoms with Gasteiger partial charge in [-0.1, -0.05) is 19.4 Å². The fourth-order valence-corrected chi connectivity index (χ4v) is 4.98. The fourth-order valence-electron chi connectivity index (χ4n) is 4.98. The molecular weight excluding hydrogens is 486 g/mol. The molecule has 2 atom stereocenters. The Hall–Kier alpha value is -4.20. The Bertz CT molecular complexity index is 1380. The Morgan fingerprint density at radius 3 is 2.71 bits per heavy atom. The second-order valence-electron chi connectivity index (χ2n) is 9.57. The number of rotatable bonds is 9. The number of fused-ring (bicyclic) bond motifs is 1. The number of nitrogens with zero attached hydrogens (tertiary/aromatic N) is 1. The van der Waals surface area contributed by atoms with Crippen LogP contribution in [0, 0.1) is 0 Å². The molecule has 38 heavy (non-hydrogen) atoms. The predicted octanol–water partition coefficient (Wildman–Crippen LogP) is 5.41. The standard InChI is InChI=1S/C30H31NO7/c1-4-5-12-37-24-11-8-19(16-25(24)35-3)27-26(29(33)30(34)31(27)17-22-7-6-13-36-22)28(32)20-9-10-23-21(15-20)14-18(2)38-23/h6-11,13,15-16,18,27,32H,4-5,12,14,17H2,1-3H3/t18-,27-/m0/s1. The summed E-state index contributed by atoms with van der Waals surface area (Å²) in [4.78, 5) is 28.1. The van der Waals surface area contributed by atoms with Crippen molar-refractivity contribution in [2.45, 2.75) is 51.8 Å². The smallest absolute Gasteiger partial charge is 0.296 e. The number of ketones is 1. The molecule has 0 saturated carbocycles. The molecule has 198 valence electrons. The molecule has 5 rings (SSSR count). The number of unbranched alkanes of at least 4 members (excludes halogenated alkanes) is 1. The van der Waals surface area contributed by atoms with Crippen LogP contribution in [0.15, 0.2) is 64.8 Å². The van der Waals surface area contributed by atoms with Gasteiger partial charge in [-0.25, -0.2) is 0 Å². The summed E-state index contributed by atoms with van der Waals surface area (Å²) in [5.41, 5.74) is 2.01. The molecule has 1 aromatic heterocycles. The highest BCUT2D eigenvalue weighted by atomic mass is 16.5. The number of methoxy groups -OCH3 is 1. The molecule has 2 aromatic carbocycles. The van der Waals surface area contributed by atoms with Crippen LogP contribution in [-0.4, -0.2) is 41.5 Å². The summed E-state index contributed by atoms with van der Waals surface area (Å²) in [5.74, 6) is 0.616. The van der Waals surface area contributed by atoms with Crippen LogP contribution in [0.2, 0.25) is 0 Å². The van der Waals surface area contributed by atoms with Gasteiger partial charge in [0.05, 0.1) is 38.1 Å². The summed E-state index contributed by atoms with van der Waals surface area (Å²) in [6, 6.07) is 13.2. The van der Waals surface area contributed by atoms with Gasteiger partial charge in [0.2, 0.25) is 0 Å². The summed E-state index contributed by atoms with van der Waals surface area (Å²) in [6.07, 6.45) is 4.14. The molecule has 8 nitrogen and oxygen atoms in total. The number of Topliss-reactive ketones (excluding diaryl/α,β-unsaturated/α-hetero) is 1. The van der Waals surface area contributed by atoms with Gasteiger partial charge in [-0.05, 0) is 66.9 Å². The van der Waals surface area contributed by atoms with Crippen LogP contribution < -0.4 is 14.2 Å². The average Bonchev–Trinajstić information content (AvgIpc) is 3.63. The summed E-state index contributed by atoms with van der Waals surface area (Å²) in [6.45, 7) is 4.67. The van der Waals surface area contributed by atoms with Crippen molar-refractivity contribution >= 4 is 17.4 Å². The van der Waals surface area contributed by atoms with Crippen LogP contribution in [0.3, 0.4) is 0 Å². The van der Waals surface area contributed by atoms with Gasteiger partial charge in [-0.3, -0.25) is 9.59 Å². The molecule has 2 aliphatic rings. The monoisotopic (exact) mass is 517 g/mol. The number of hydrogen-bond acceptors (Lipinski definition) is 7. The Labute approximate surface area is 221 Å². The quantitative estimate of drug-likeness (QED) is 0.175. The lowest BCUT2D eigenvalue weighted by Gasteiger charge is -2.25. The minimum absolute atomic E-state index is 0.00942. The van der Waals surface area contributed by atoms with Crippen LogP contribution in [0.25, 0.3) is 5.76 Å².